The van der Waals surface area contributed by atoms with E-state index in [1.54, 1.807) is 37.0 Å². The zero-order valence-electron chi connectivity index (χ0n) is 13.6. The Labute approximate surface area is 140 Å². The van der Waals surface area contributed by atoms with Crippen LogP contribution in [0.3, 0.4) is 0 Å². The fourth-order valence-corrected chi connectivity index (χ4v) is 4.03. The van der Waals surface area contributed by atoms with Crippen molar-refractivity contribution < 1.29 is 8.42 Å². The molecule has 9 heteroatoms. The average molecular weight is 346 g/mol. The van der Waals surface area contributed by atoms with Crippen LogP contribution in [0, 0.1) is 13.8 Å². The number of H-pyrrole nitrogens is 1. The fourth-order valence-electron chi connectivity index (χ4n) is 2.62. The molecular weight excluding hydrogens is 328 g/mol. The summed E-state index contributed by atoms with van der Waals surface area (Å²) in [7, 11) is -3.76. The summed E-state index contributed by atoms with van der Waals surface area (Å²) in [5.74, 6) is 0.227. The second-order valence-corrected chi connectivity index (χ2v) is 6.94. The Morgan fingerprint density at radius 2 is 1.96 bits per heavy atom. The van der Waals surface area contributed by atoms with Gasteiger partial charge in [-0.2, -0.15) is 10.2 Å². The molecule has 3 aromatic heterocycles. The highest BCUT2D eigenvalue weighted by atomic mass is 32.2. The number of sulfonamides is 1. The van der Waals surface area contributed by atoms with Gasteiger partial charge in [0.2, 0.25) is 0 Å². The van der Waals surface area contributed by atoms with E-state index in [1.807, 2.05) is 19.1 Å². The first-order chi connectivity index (χ1) is 11.4. The van der Waals surface area contributed by atoms with E-state index in [-0.39, 0.29) is 10.7 Å². The van der Waals surface area contributed by atoms with E-state index in [2.05, 4.69) is 25.0 Å². The van der Waals surface area contributed by atoms with Crippen LogP contribution in [0.25, 0.3) is 11.3 Å². The van der Waals surface area contributed by atoms with Crippen LogP contribution in [0.2, 0.25) is 0 Å². The molecule has 0 saturated heterocycles. The maximum absolute atomic E-state index is 12.7. The molecule has 0 aliphatic heterocycles. The van der Waals surface area contributed by atoms with Crippen molar-refractivity contribution in [3.63, 3.8) is 0 Å². The third-order valence-corrected chi connectivity index (χ3v) is 5.30. The Bertz CT molecular complexity index is 959. The number of nitrogens with zero attached hydrogens (tertiary/aromatic N) is 4. The number of hydrogen-bond acceptors (Lipinski definition) is 5. The van der Waals surface area contributed by atoms with Gasteiger partial charge in [0.05, 0.1) is 17.1 Å². The van der Waals surface area contributed by atoms with Gasteiger partial charge < -0.3 is 0 Å². The van der Waals surface area contributed by atoms with Crippen LogP contribution in [-0.2, 0) is 16.6 Å². The van der Waals surface area contributed by atoms with Gasteiger partial charge in [-0.3, -0.25) is 19.5 Å². The van der Waals surface area contributed by atoms with Crippen molar-refractivity contribution in [3.05, 3.63) is 42.0 Å². The third-order valence-electron chi connectivity index (χ3n) is 3.69. The quantitative estimate of drug-likeness (QED) is 0.736. The summed E-state index contributed by atoms with van der Waals surface area (Å²) in [6, 6.07) is 5.26. The van der Waals surface area contributed by atoms with Gasteiger partial charge in [-0.25, -0.2) is 8.42 Å². The smallest absolute Gasteiger partial charge is 0.266 e. The van der Waals surface area contributed by atoms with Crippen LogP contribution in [-0.4, -0.2) is 33.4 Å². The Morgan fingerprint density at radius 3 is 2.58 bits per heavy atom. The monoisotopic (exact) mass is 346 g/mol. The van der Waals surface area contributed by atoms with Gasteiger partial charge in [0, 0.05) is 30.6 Å². The maximum atomic E-state index is 12.7. The SMILES string of the molecule is CCn1nc(C)c(S(=O)(=O)Nc2cc(-c3ccncc3)[nH]n2)c1C. The van der Waals surface area contributed by atoms with Crippen molar-refractivity contribution in [2.75, 3.05) is 4.72 Å². The second-order valence-electron chi connectivity index (χ2n) is 5.32. The van der Waals surface area contributed by atoms with Gasteiger partial charge in [0.1, 0.15) is 4.90 Å². The van der Waals surface area contributed by atoms with Crippen molar-refractivity contribution in [2.45, 2.75) is 32.2 Å². The van der Waals surface area contributed by atoms with E-state index in [4.69, 9.17) is 0 Å². The van der Waals surface area contributed by atoms with Crippen LogP contribution in [0.5, 0.6) is 0 Å². The fraction of sp³-hybridized carbons (Fsp3) is 0.267. The second kappa shape index (κ2) is 6.08. The predicted octanol–water partition coefficient (Wildman–Crippen LogP) is 2.11. The molecule has 0 radical (unpaired) electrons. The summed E-state index contributed by atoms with van der Waals surface area (Å²) < 4.78 is 29.5. The van der Waals surface area contributed by atoms with Gasteiger partial charge in [0.15, 0.2) is 5.82 Å². The molecule has 3 rings (SSSR count). The van der Waals surface area contributed by atoms with Gasteiger partial charge in [-0.05, 0) is 32.9 Å². The predicted molar refractivity (Wildman–Crippen MR) is 90.0 cm³/mol. The largest absolute Gasteiger partial charge is 0.276 e. The minimum absolute atomic E-state index is 0.192. The summed E-state index contributed by atoms with van der Waals surface area (Å²) in [4.78, 5) is 4.14. The highest BCUT2D eigenvalue weighted by Crippen LogP contribution is 2.24. The van der Waals surface area contributed by atoms with Crippen molar-refractivity contribution in [3.8, 4) is 11.3 Å². The van der Waals surface area contributed by atoms with Crippen LogP contribution in [0.1, 0.15) is 18.3 Å². The van der Waals surface area contributed by atoms with Crippen molar-refractivity contribution in [1.82, 2.24) is 25.0 Å². The average Bonchev–Trinajstić information content (AvgIpc) is 3.12. The summed E-state index contributed by atoms with van der Waals surface area (Å²) >= 11 is 0. The summed E-state index contributed by atoms with van der Waals surface area (Å²) in [5.41, 5.74) is 2.64. The molecule has 0 amide bonds. The normalized spacial score (nSPS) is 11.6. The van der Waals surface area contributed by atoms with E-state index in [0.717, 1.165) is 5.56 Å². The minimum Gasteiger partial charge on any atom is -0.276 e. The Kier molecular flexibility index (Phi) is 4.10. The molecule has 0 aliphatic carbocycles. The number of hydrogen-bond donors (Lipinski definition) is 2. The molecule has 24 heavy (non-hydrogen) atoms. The highest BCUT2D eigenvalue weighted by Gasteiger charge is 2.25. The van der Waals surface area contributed by atoms with Crippen molar-refractivity contribution >= 4 is 15.8 Å². The van der Waals surface area contributed by atoms with Gasteiger partial charge in [0.25, 0.3) is 10.0 Å². The van der Waals surface area contributed by atoms with E-state index in [9.17, 15) is 8.42 Å². The Morgan fingerprint density at radius 1 is 1.25 bits per heavy atom. The minimum atomic E-state index is -3.76. The molecule has 126 valence electrons. The zero-order valence-corrected chi connectivity index (χ0v) is 14.4. The van der Waals surface area contributed by atoms with E-state index in [0.29, 0.717) is 23.6 Å². The lowest BCUT2D eigenvalue weighted by atomic mass is 10.2. The first-order valence-corrected chi connectivity index (χ1v) is 8.93. The number of aromatic nitrogens is 5. The molecule has 0 fully saturated rings. The van der Waals surface area contributed by atoms with E-state index < -0.39 is 10.0 Å². The topological polar surface area (TPSA) is 106 Å². The Hall–Kier alpha value is -2.68. The molecule has 3 heterocycles. The van der Waals surface area contributed by atoms with E-state index >= 15 is 0 Å². The molecule has 0 atom stereocenters. The van der Waals surface area contributed by atoms with Gasteiger partial charge in [-0.15, -0.1) is 0 Å². The Balaban J connectivity index is 1.91. The number of pyridine rings is 1. The van der Waals surface area contributed by atoms with Crippen LogP contribution in [0.4, 0.5) is 5.82 Å². The standard InChI is InChI=1S/C15H18N6O2S/c1-4-21-11(3)15(10(2)19-21)24(22,23)20-14-9-13(17-18-14)12-5-7-16-8-6-12/h5-9H,4H2,1-3H3,(H2,17,18,20). The van der Waals surface area contributed by atoms with Crippen LogP contribution < -0.4 is 4.72 Å². The number of aryl methyl sites for hydroxylation is 2. The molecule has 8 nitrogen and oxygen atoms in total. The van der Waals surface area contributed by atoms with Crippen molar-refractivity contribution in [2.24, 2.45) is 0 Å². The number of aromatic amines is 1. The molecule has 3 aromatic rings. The molecule has 2 N–H and O–H groups in total. The lowest BCUT2D eigenvalue weighted by molar-refractivity contribution is 0.598. The molecular formula is C15H18N6O2S. The van der Waals surface area contributed by atoms with Crippen molar-refractivity contribution in [1.29, 1.82) is 0 Å². The molecule has 0 aromatic carbocycles. The first kappa shape index (κ1) is 16.2. The molecule has 0 bridgehead atoms. The van der Waals surface area contributed by atoms with Crippen LogP contribution >= 0.6 is 0 Å². The molecule has 0 unspecified atom stereocenters. The zero-order chi connectivity index (χ0) is 17.3. The lowest BCUT2D eigenvalue weighted by Crippen LogP contribution is -2.15. The van der Waals surface area contributed by atoms with Crippen LogP contribution in [0.15, 0.2) is 35.5 Å². The third kappa shape index (κ3) is 2.90. The first-order valence-electron chi connectivity index (χ1n) is 7.45. The maximum Gasteiger partial charge on any atom is 0.266 e. The van der Waals surface area contributed by atoms with Gasteiger partial charge >= 0.3 is 0 Å². The summed E-state index contributed by atoms with van der Waals surface area (Å²) in [5, 5.41) is 11.1. The van der Waals surface area contributed by atoms with E-state index in [1.165, 1.54) is 0 Å². The van der Waals surface area contributed by atoms with Gasteiger partial charge in [-0.1, -0.05) is 0 Å². The number of rotatable bonds is 5. The lowest BCUT2D eigenvalue weighted by Gasteiger charge is -2.06. The molecule has 0 saturated carbocycles. The summed E-state index contributed by atoms with van der Waals surface area (Å²) in [6.45, 7) is 5.94. The highest BCUT2D eigenvalue weighted by molar-refractivity contribution is 7.92. The number of nitrogens with one attached hydrogen (secondary N) is 2. The molecule has 0 aliphatic rings. The molecule has 0 spiro atoms. The summed E-state index contributed by atoms with van der Waals surface area (Å²) in [6.07, 6.45) is 3.32. The number of anilines is 1.